The van der Waals surface area contributed by atoms with Crippen molar-refractivity contribution in [1.29, 1.82) is 0 Å². The van der Waals surface area contributed by atoms with Crippen molar-refractivity contribution >= 4 is 31.9 Å². The second kappa shape index (κ2) is 5.85. The fourth-order valence-corrected chi connectivity index (χ4v) is 3.12. The van der Waals surface area contributed by atoms with Gasteiger partial charge in [-0.25, -0.2) is 0 Å². The number of benzene rings is 1. The lowest BCUT2D eigenvalue weighted by Crippen LogP contribution is -2.18. The van der Waals surface area contributed by atoms with E-state index in [0.29, 0.717) is 0 Å². The van der Waals surface area contributed by atoms with Gasteiger partial charge in [-0.05, 0) is 42.9 Å². The molecule has 2 nitrogen and oxygen atoms in total. The molecule has 0 spiro atoms. The lowest BCUT2D eigenvalue weighted by molar-refractivity contribution is 0.466. The molecule has 0 aliphatic rings. The summed E-state index contributed by atoms with van der Waals surface area (Å²) in [6.45, 7) is 0. The summed E-state index contributed by atoms with van der Waals surface area (Å²) in [6.07, 6.45) is 2.55. The van der Waals surface area contributed by atoms with E-state index in [1.807, 2.05) is 25.2 Å². The minimum absolute atomic E-state index is 0.245. The van der Waals surface area contributed by atoms with E-state index >= 15 is 0 Å². The summed E-state index contributed by atoms with van der Waals surface area (Å²) in [5.74, 6) is 0.987. The van der Waals surface area contributed by atoms with Gasteiger partial charge in [-0.15, -0.1) is 0 Å². The molecule has 1 aromatic heterocycles. The molecule has 0 saturated heterocycles. The van der Waals surface area contributed by atoms with Crippen LogP contribution >= 0.6 is 31.9 Å². The second-order valence-electron chi connectivity index (χ2n) is 3.83. The van der Waals surface area contributed by atoms with Crippen LogP contribution in [0.4, 0.5) is 0 Å². The van der Waals surface area contributed by atoms with E-state index in [1.165, 1.54) is 5.56 Å². The average molecular weight is 359 g/mol. The number of likely N-dealkylation sites (N-methyl/N-ethyl adjacent to an activating group) is 1. The molecule has 0 aliphatic carbocycles. The minimum atomic E-state index is 0.245. The van der Waals surface area contributed by atoms with E-state index in [9.17, 15) is 0 Å². The van der Waals surface area contributed by atoms with Gasteiger partial charge < -0.3 is 9.73 Å². The Morgan fingerprint density at radius 1 is 1.24 bits per heavy atom. The van der Waals surface area contributed by atoms with E-state index in [2.05, 4.69) is 49.3 Å². The molecule has 1 heterocycles. The largest absolute Gasteiger partial charge is 0.469 e. The van der Waals surface area contributed by atoms with E-state index < -0.39 is 0 Å². The minimum Gasteiger partial charge on any atom is -0.469 e. The maximum atomic E-state index is 5.38. The molecule has 17 heavy (non-hydrogen) atoms. The standard InChI is InChI=1S/C13H13Br2NO/c1-16-13(8-12-3-2-4-17-12)9-5-10(14)7-11(15)6-9/h2-7,13,16H,8H2,1H3. The summed E-state index contributed by atoms with van der Waals surface area (Å²) in [7, 11) is 1.96. The molecule has 0 bridgehead atoms. The summed E-state index contributed by atoms with van der Waals surface area (Å²) >= 11 is 7.01. The summed E-state index contributed by atoms with van der Waals surface area (Å²) in [6, 6.07) is 10.4. The number of hydrogen-bond donors (Lipinski definition) is 1. The molecule has 0 amide bonds. The van der Waals surface area contributed by atoms with Crippen LogP contribution in [0.5, 0.6) is 0 Å². The zero-order valence-electron chi connectivity index (χ0n) is 9.41. The molecule has 0 fully saturated rings. The Morgan fingerprint density at radius 2 is 1.94 bits per heavy atom. The first-order valence-corrected chi connectivity index (χ1v) is 6.93. The molecule has 2 aromatic rings. The predicted octanol–water partition coefficient (Wildman–Crippen LogP) is 4.31. The highest BCUT2D eigenvalue weighted by Crippen LogP contribution is 2.26. The van der Waals surface area contributed by atoms with Crippen molar-refractivity contribution in [3.63, 3.8) is 0 Å². The Bertz CT molecular complexity index is 462. The van der Waals surface area contributed by atoms with Gasteiger partial charge in [0, 0.05) is 21.4 Å². The van der Waals surface area contributed by atoms with Crippen molar-refractivity contribution in [2.75, 3.05) is 7.05 Å². The monoisotopic (exact) mass is 357 g/mol. The quantitative estimate of drug-likeness (QED) is 0.880. The van der Waals surface area contributed by atoms with Crippen LogP contribution < -0.4 is 5.32 Å². The van der Waals surface area contributed by atoms with Crippen molar-refractivity contribution in [2.24, 2.45) is 0 Å². The molecule has 1 unspecified atom stereocenters. The van der Waals surface area contributed by atoms with E-state index in [-0.39, 0.29) is 6.04 Å². The fourth-order valence-electron chi connectivity index (χ4n) is 1.79. The van der Waals surface area contributed by atoms with E-state index in [0.717, 1.165) is 21.1 Å². The van der Waals surface area contributed by atoms with Gasteiger partial charge in [-0.2, -0.15) is 0 Å². The van der Waals surface area contributed by atoms with E-state index in [1.54, 1.807) is 6.26 Å². The SMILES string of the molecule is CNC(Cc1ccco1)c1cc(Br)cc(Br)c1. The zero-order valence-corrected chi connectivity index (χ0v) is 12.6. The third-order valence-electron chi connectivity index (χ3n) is 2.62. The van der Waals surface area contributed by atoms with Crippen molar-refractivity contribution < 1.29 is 4.42 Å². The highest BCUT2D eigenvalue weighted by atomic mass is 79.9. The summed E-state index contributed by atoms with van der Waals surface area (Å²) < 4.78 is 7.53. The summed E-state index contributed by atoms with van der Waals surface area (Å²) in [4.78, 5) is 0. The molecular weight excluding hydrogens is 346 g/mol. The van der Waals surface area contributed by atoms with Gasteiger partial charge >= 0.3 is 0 Å². The third-order valence-corrected chi connectivity index (χ3v) is 3.54. The maximum absolute atomic E-state index is 5.38. The molecule has 1 atom stereocenters. The molecule has 0 saturated carbocycles. The molecule has 90 valence electrons. The molecule has 2 rings (SSSR count). The lowest BCUT2D eigenvalue weighted by Gasteiger charge is -2.16. The Hall–Kier alpha value is -0.580. The van der Waals surface area contributed by atoms with Crippen molar-refractivity contribution in [3.05, 3.63) is 56.9 Å². The number of rotatable bonds is 4. The smallest absolute Gasteiger partial charge is 0.105 e. The van der Waals surface area contributed by atoms with Crippen molar-refractivity contribution in [3.8, 4) is 0 Å². The van der Waals surface area contributed by atoms with Gasteiger partial charge in [0.25, 0.3) is 0 Å². The van der Waals surface area contributed by atoms with Gasteiger partial charge in [0.05, 0.1) is 6.26 Å². The molecule has 0 aliphatic heterocycles. The highest BCUT2D eigenvalue weighted by Gasteiger charge is 2.12. The topological polar surface area (TPSA) is 25.2 Å². The van der Waals surface area contributed by atoms with Crippen LogP contribution in [0.25, 0.3) is 0 Å². The van der Waals surface area contributed by atoms with Gasteiger partial charge in [0.15, 0.2) is 0 Å². The first-order valence-electron chi connectivity index (χ1n) is 5.34. The highest BCUT2D eigenvalue weighted by molar-refractivity contribution is 9.11. The zero-order chi connectivity index (χ0) is 12.3. The van der Waals surface area contributed by atoms with Crippen LogP contribution in [0.2, 0.25) is 0 Å². The molecular formula is C13H13Br2NO. The van der Waals surface area contributed by atoms with Gasteiger partial charge in [0.1, 0.15) is 5.76 Å². The number of halogens is 2. The molecule has 1 aromatic carbocycles. The average Bonchev–Trinajstić information content (AvgIpc) is 2.77. The Kier molecular flexibility index (Phi) is 4.42. The summed E-state index contributed by atoms with van der Waals surface area (Å²) in [5, 5.41) is 3.31. The van der Waals surface area contributed by atoms with Gasteiger partial charge in [0.2, 0.25) is 0 Å². The predicted molar refractivity (Wildman–Crippen MR) is 76.1 cm³/mol. The first-order chi connectivity index (χ1) is 8.19. The van der Waals surface area contributed by atoms with Crippen LogP contribution in [-0.4, -0.2) is 7.05 Å². The maximum Gasteiger partial charge on any atom is 0.105 e. The Balaban J connectivity index is 2.22. The van der Waals surface area contributed by atoms with Crippen LogP contribution in [0.15, 0.2) is 50.0 Å². The van der Waals surface area contributed by atoms with Crippen LogP contribution in [0.1, 0.15) is 17.4 Å². The number of furan rings is 1. The van der Waals surface area contributed by atoms with Crippen LogP contribution in [-0.2, 0) is 6.42 Å². The first kappa shape index (κ1) is 12.9. The number of hydrogen-bond acceptors (Lipinski definition) is 2. The van der Waals surface area contributed by atoms with E-state index in [4.69, 9.17) is 4.42 Å². The van der Waals surface area contributed by atoms with Crippen LogP contribution in [0, 0.1) is 0 Å². The Morgan fingerprint density at radius 3 is 2.47 bits per heavy atom. The normalized spacial score (nSPS) is 12.6. The molecule has 4 heteroatoms. The van der Waals surface area contributed by atoms with Gasteiger partial charge in [-0.3, -0.25) is 0 Å². The van der Waals surface area contributed by atoms with Crippen molar-refractivity contribution in [1.82, 2.24) is 5.32 Å². The van der Waals surface area contributed by atoms with Crippen molar-refractivity contribution in [2.45, 2.75) is 12.5 Å². The molecule has 1 N–H and O–H groups in total. The molecule has 0 radical (unpaired) electrons. The summed E-state index contributed by atoms with van der Waals surface area (Å²) in [5.41, 5.74) is 1.23. The van der Waals surface area contributed by atoms with Gasteiger partial charge in [-0.1, -0.05) is 31.9 Å². The third kappa shape index (κ3) is 3.44. The fraction of sp³-hybridized carbons (Fsp3) is 0.231. The lowest BCUT2D eigenvalue weighted by atomic mass is 10.0. The second-order valence-corrected chi connectivity index (χ2v) is 5.66. The number of nitrogens with one attached hydrogen (secondary N) is 1. The van der Waals surface area contributed by atoms with Crippen LogP contribution in [0.3, 0.4) is 0 Å². The Labute approximate surface area is 118 Å².